The van der Waals surface area contributed by atoms with E-state index in [9.17, 15) is 5.11 Å². The molecular formula is C13H15BrClN3O. The highest BCUT2D eigenvalue weighted by molar-refractivity contribution is 9.10. The first-order valence-electron chi connectivity index (χ1n) is 6.03. The van der Waals surface area contributed by atoms with E-state index < -0.39 is 6.10 Å². The summed E-state index contributed by atoms with van der Waals surface area (Å²) in [5.74, 6) is 0. The van der Waals surface area contributed by atoms with Crippen molar-refractivity contribution in [2.75, 3.05) is 0 Å². The summed E-state index contributed by atoms with van der Waals surface area (Å²) in [5, 5.41) is 15.3. The van der Waals surface area contributed by atoms with Crippen molar-refractivity contribution in [1.82, 2.24) is 14.8 Å². The van der Waals surface area contributed by atoms with Gasteiger partial charge in [-0.05, 0) is 35.8 Å². The molecule has 1 N–H and O–H groups in total. The fourth-order valence-electron chi connectivity index (χ4n) is 1.98. The normalized spacial score (nSPS) is 12.7. The molecule has 0 spiro atoms. The first-order valence-corrected chi connectivity index (χ1v) is 7.20. The van der Waals surface area contributed by atoms with Gasteiger partial charge >= 0.3 is 0 Å². The molecule has 0 fully saturated rings. The Labute approximate surface area is 125 Å². The number of nitrogens with zero attached hydrogens (tertiary/aromatic N) is 3. The molecule has 4 nitrogen and oxygen atoms in total. The zero-order valence-corrected chi connectivity index (χ0v) is 13.1. The Kier molecular flexibility index (Phi) is 4.60. The van der Waals surface area contributed by atoms with E-state index in [0.29, 0.717) is 11.4 Å². The molecule has 0 aromatic carbocycles. The summed E-state index contributed by atoms with van der Waals surface area (Å²) in [5.41, 5.74) is 2.40. The van der Waals surface area contributed by atoms with E-state index in [1.54, 1.807) is 12.4 Å². The smallest absolute Gasteiger partial charge is 0.0861 e. The van der Waals surface area contributed by atoms with Gasteiger partial charge in [0.05, 0.1) is 22.5 Å². The van der Waals surface area contributed by atoms with Crippen molar-refractivity contribution < 1.29 is 5.11 Å². The summed E-state index contributed by atoms with van der Waals surface area (Å²) < 4.78 is 2.67. The first-order chi connectivity index (χ1) is 9.02. The van der Waals surface area contributed by atoms with Gasteiger partial charge < -0.3 is 5.11 Å². The van der Waals surface area contributed by atoms with E-state index in [4.69, 9.17) is 11.6 Å². The Morgan fingerprint density at radius 3 is 2.84 bits per heavy atom. The van der Waals surface area contributed by atoms with E-state index >= 15 is 0 Å². The van der Waals surface area contributed by atoms with Crippen LogP contribution in [0.2, 0.25) is 5.02 Å². The summed E-state index contributed by atoms with van der Waals surface area (Å²) >= 11 is 9.58. The molecule has 1 atom stereocenters. The van der Waals surface area contributed by atoms with Crippen LogP contribution in [0.1, 0.15) is 30.0 Å². The highest BCUT2D eigenvalue weighted by Crippen LogP contribution is 2.26. The SMILES string of the molecule is CCn1nc(C)c(Cl)c1CC(O)c1cncc(Br)c1. The van der Waals surface area contributed by atoms with Crippen LogP contribution in [0.15, 0.2) is 22.9 Å². The van der Waals surface area contributed by atoms with Gasteiger partial charge in [0, 0.05) is 35.4 Å². The van der Waals surface area contributed by atoms with Crippen molar-refractivity contribution in [2.45, 2.75) is 32.9 Å². The molecule has 1 unspecified atom stereocenters. The lowest BCUT2D eigenvalue weighted by Gasteiger charge is -2.12. The van der Waals surface area contributed by atoms with Crippen LogP contribution in [0.25, 0.3) is 0 Å². The monoisotopic (exact) mass is 343 g/mol. The molecular weight excluding hydrogens is 330 g/mol. The molecule has 2 aromatic heterocycles. The van der Waals surface area contributed by atoms with Gasteiger partial charge in [0.2, 0.25) is 0 Å². The lowest BCUT2D eigenvalue weighted by molar-refractivity contribution is 0.175. The Hall–Kier alpha value is -0.910. The molecule has 2 rings (SSSR count). The number of rotatable bonds is 4. The lowest BCUT2D eigenvalue weighted by atomic mass is 10.1. The van der Waals surface area contributed by atoms with Crippen molar-refractivity contribution in [2.24, 2.45) is 0 Å². The molecule has 0 aliphatic rings. The predicted octanol–water partition coefficient (Wildman–Crippen LogP) is 3.30. The Bertz CT molecular complexity index is 585. The molecule has 0 amide bonds. The quantitative estimate of drug-likeness (QED) is 0.926. The van der Waals surface area contributed by atoms with Crippen LogP contribution in [0.4, 0.5) is 0 Å². The molecule has 0 aliphatic heterocycles. The van der Waals surface area contributed by atoms with Crippen LogP contribution < -0.4 is 0 Å². The van der Waals surface area contributed by atoms with E-state index in [2.05, 4.69) is 26.0 Å². The maximum atomic E-state index is 10.3. The average Bonchev–Trinajstić information content (AvgIpc) is 2.66. The van der Waals surface area contributed by atoms with Crippen molar-refractivity contribution in [3.63, 3.8) is 0 Å². The highest BCUT2D eigenvalue weighted by Gasteiger charge is 2.17. The maximum Gasteiger partial charge on any atom is 0.0861 e. The molecule has 2 heterocycles. The highest BCUT2D eigenvalue weighted by atomic mass is 79.9. The van der Waals surface area contributed by atoms with Gasteiger partial charge in [-0.2, -0.15) is 5.10 Å². The Morgan fingerprint density at radius 2 is 2.21 bits per heavy atom. The molecule has 6 heteroatoms. The van der Waals surface area contributed by atoms with E-state index in [0.717, 1.165) is 28.0 Å². The fraction of sp³-hybridized carbons (Fsp3) is 0.385. The topological polar surface area (TPSA) is 50.9 Å². The van der Waals surface area contributed by atoms with Crippen LogP contribution in [-0.4, -0.2) is 19.9 Å². The van der Waals surface area contributed by atoms with Crippen LogP contribution in [0, 0.1) is 6.92 Å². The molecule has 0 saturated heterocycles. The van der Waals surface area contributed by atoms with Crippen LogP contribution in [0.5, 0.6) is 0 Å². The summed E-state index contributed by atoms with van der Waals surface area (Å²) in [4.78, 5) is 4.05. The Morgan fingerprint density at radius 1 is 1.47 bits per heavy atom. The zero-order valence-electron chi connectivity index (χ0n) is 10.8. The van der Waals surface area contributed by atoms with Crippen molar-refractivity contribution >= 4 is 27.5 Å². The number of hydrogen-bond acceptors (Lipinski definition) is 3. The van der Waals surface area contributed by atoms with Crippen LogP contribution in [0.3, 0.4) is 0 Å². The van der Waals surface area contributed by atoms with Gasteiger partial charge in [0.15, 0.2) is 0 Å². The second-order valence-corrected chi connectivity index (χ2v) is 5.61. The van der Waals surface area contributed by atoms with E-state index in [1.165, 1.54) is 0 Å². The molecule has 0 radical (unpaired) electrons. The van der Waals surface area contributed by atoms with E-state index in [1.807, 2.05) is 24.6 Å². The second kappa shape index (κ2) is 6.03. The minimum atomic E-state index is -0.649. The molecule has 102 valence electrons. The van der Waals surface area contributed by atoms with Gasteiger partial charge in [-0.1, -0.05) is 11.6 Å². The summed E-state index contributed by atoms with van der Waals surface area (Å²) in [7, 11) is 0. The third kappa shape index (κ3) is 3.16. The summed E-state index contributed by atoms with van der Waals surface area (Å²) in [6, 6.07) is 1.85. The van der Waals surface area contributed by atoms with Gasteiger partial charge in [-0.3, -0.25) is 9.67 Å². The van der Waals surface area contributed by atoms with Gasteiger partial charge in [-0.15, -0.1) is 0 Å². The molecule has 0 aliphatic carbocycles. The molecule has 0 bridgehead atoms. The number of aliphatic hydroxyl groups excluding tert-OH is 1. The van der Waals surface area contributed by atoms with Crippen LogP contribution in [-0.2, 0) is 13.0 Å². The maximum absolute atomic E-state index is 10.3. The van der Waals surface area contributed by atoms with Gasteiger partial charge in [0.1, 0.15) is 0 Å². The summed E-state index contributed by atoms with van der Waals surface area (Å²) in [6.07, 6.45) is 3.11. The van der Waals surface area contributed by atoms with Gasteiger partial charge in [0.25, 0.3) is 0 Å². The number of halogens is 2. The first kappa shape index (κ1) is 14.5. The minimum absolute atomic E-state index is 0.422. The summed E-state index contributed by atoms with van der Waals surface area (Å²) in [6.45, 7) is 4.59. The standard InChI is InChI=1S/C13H15BrClN3O/c1-3-18-11(13(15)8(2)17-18)5-12(19)9-4-10(14)7-16-6-9/h4,6-7,12,19H,3,5H2,1-2H3. The third-order valence-corrected chi connectivity index (χ3v) is 3.88. The molecule has 2 aromatic rings. The fourth-order valence-corrected chi connectivity index (χ4v) is 2.57. The van der Waals surface area contributed by atoms with Crippen LogP contribution >= 0.6 is 27.5 Å². The molecule has 19 heavy (non-hydrogen) atoms. The number of aryl methyl sites for hydroxylation is 2. The lowest BCUT2D eigenvalue weighted by Crippen LogP contribution is -2.09. The number of hydrogen-bond donors (Lipinski definition) is 1. The minimum Gasteiger partial charge on any atom is -0.388 e. The van der Waals surface area contributed by atoms with E-state index in [-0.39, 0.29) is 0 Å². The van der Waals surface area contributed by atoms with Crippen molar-refractivity contribution in [1.29, 1.82) is 0 Å². The van der Waals surface area contributed by atoms with Gasteiger partial charge in [-0.25, -0.2) is 0 Å². The number of pyridine rings is 1. The Balaban J connectivity index is 2.26. The third-order valence-electron chi connectivity index (χ3n) is 2.95. The predicted molar refractivity (Wildman–Crippen MR) is 78.2 cm³/mol. The van der Waals surface area contributed by atoms with Crippen molar-refractivity contribution in [3.8, 4) is 0 Å². The number of aromatic nitrogens is 3. The largest absolute Gasteiger partial charge is 0.388 e. The molecule has 0 saturated carbocycles. The second-order valence-electron chi connectivity index (χ2n) is 4.32. The zero-order chi connectivity index (χ0) is 14.0. The average molecular weight is 345 g/mol. The number of aliphatic hydroxyl groups is 1. The van der Waals surface area contributed by atoms with Crippen molar-refractivity contribution in [3.05, 3.63) is 44.9 Å².